The fourth-order valence-corrected chi connectivity index (χ4v) is 7.34. The number of benzene rings is 3. The third-order valence-corrected chi connectivity index (χ3v) is 9.85. The van der Waals surface area contributed by atoms with Crippen molar-refractivity contribution in [3.63, 3.8) is 0 Å². The van der Waals surface area contributed by atoms with Crippen molar-refractivity contribution in [1.29, 1.82) is 0 Å². The van der Waals surface area contributed by atoms with Crippen molar-refractivity contribution in [3.05, 3.63) is 94.0 Å². The zero-order chi connectivity index (χ0) is 32.5. The van der Waals surface area contributed by atoms with Gasteiger partial charge in [0, 0.05) is 28.3 Å². The molecule has 2 unspecified atom stereocenters. The van der Waals surface area contributed by atoms with Gasteiger partial charge in [-0.15, -0.1) is 0 Å². The third kappa shape index (κ3) is 6.68. The summed E-state index contributed by atoms with van der Waals surface area (Å²) in [6, 6.07) is 21.7. The summed E-state index contributed by atoms with van der Waals surface area (Å²) in [5, 5.41) is 25.7. The van der Waals surface area contributed by atoms with E-state index >= 15 is 0 Å². The summed E-state index contributed by atoms with van der Waals surface area (Å²) in [5.41, 5.74) is 2.55. The van der Waals surface area contributed by atoms with Crippen LogP contribution in [0.5, 0.6) is 17.4 Å². The number of halogens is 2. The number of rotatable bonds is 8. The van der Waals surface area contributed by atoms with E-state index in [9.17, 15) is 15.0 Å². The standard InChI is InChI=1S/C37H38Cl2N2O5/c1-36(44,22-40-34(43)26-11-5-7-13-31(26)42)20-24-21-37(16-8-3-9-17-37)46-35-28(24)19-27(23-14-15-30(39)32(18-23)45-2)33(41-35)25-10-4-6-12-29(25)38/h4-7,10-15,18-19,24,42,44H,3,8-9,16-17,20-22H2,1-2H3,(H,40,43). The summed E-state index contributed by atoms with van der Waals surface area (Å²) in [4.78, 5) is 18.1. The van der Waals surface area contributed by atoms with E-state index in [0.29, 0.717) is 33.8 Å². The number of hydrogen-bond acceptors (Lipinski definition) is 6. The number of ether oxygens (including phenoxy) is 2. The fraction of sp³-hybridized carbons (Fsp3) is 0.351. The van der Waals surface area contributed by atoms with Gasteiger partial charge >= 0.3 is 0 Å². The van der Waals surface area contributed by atoms with Crippen LogP contribution in [0.3, 0.4) is 0 Å². The Kier molecular flexibility index (Phi) is 9.19. The molecule has 9 heteroatoms. The van der Waals surface area contributed by atoms with Crippen LogP contribution < -0.4 is 14.8 Å². The van der Waals surface area contributed by atoms with Crippen LogP contribution in [0.2, 0.25) is 10.0 Å². The summed E-state index contributed by atoms with van der Waals surface area (Å²) in [5.74, 6) is 0.425. The molecule has 4 aromatic rings. The minimum absolute atomic E-state index is 0.00618. The van der Waals surface area contributed by atoms with E-state index in [1.54, 1.807) is 38.3 Å². The number of fused-ring (bicyclic) bond motifs is 1. The highest BCUT2D eigenvalue weighted by Gasteiger charge is 2.45. The molecular weight excluding hydrogens is 623 g/mol. The minimum Gasteiger partial charge on any atom is -0.507 e. The van der Waals surface area contributed by atoms with Crippen LogP contribution >= 0.6 is 23.2 Å². The second-order valence-corrected chi connectivity index (χ2v) is 13.6. The molecule has 1 aliphatic heterocycles. The maximum Gasteiger partial charge on any atom is 0.255 e. The van der Waals surface area contributed by atoms with Crippen molar-refractivity contribution >= 4 is 29.1 Å². The second kappa shape index (κ2) is 13.1. The molecule has 0 saturated heterocycles. The molecule has 1 saturated carbocycles. The van der Waals surface area contributed by atoms with E-state index in [2.05, 4.69) is 11.4 Å². The SMILES string of the molecule is COc1cc(-c2cc3c(nc2-c2ccccc2Cl)OC2(CCCCC2)CC3CC(C)(O)CNC(=O)c2ccccc2O)ccc1Cl. The van der Waals surface area contributed by atoms with Gasteiger partial charge in [-0.1, -0.05) is 66.0 Å². The van der Waals surface area contributed by atoms with Crippen LogP contribution in [0.4, 0.5) is 0 Å². The number of hydrogen-bond donors (Lipinski definition) is 3. The lowest BCUT2D eigenvalue weighted by Crippen LogP contribution is -2.46. The molecule has 3 aromatic carbocycles. The van der Waals surface area contributed by atoms with Gasteiger partial charge in [0.05, 0.1) is 29.0 Å². The molecule has 1 aromatic heterocycles. The van der Waals surface area contributed by atoms with E-state index < -0.39 is 11.5 Å². The van der Waals surface area contributed by atoms with E-state index in [1.165, 1.54) is 6.07 Å². The zero-order valence-electron chi connectivity index (χ0n) is 26.0. The number of phenols is 1. The summed E-state index contributed by atoms with van der Waals surface area (Å²) >= 11 is 13.2. The number of aromatic nitrogens is 1. The van der Waals surface area contributed by atoms with Gasteiger partial charge in [-0.25, -0.2) is 4.98 Å². The summed E-state index contributed by atoms with van der Waals surface area (Å²) in [6.45, 7) is 1.74. The molecule has 240 valence electrons. The van der Waals surface area contributed by atoms with E-state index in [0.717, 1.165) is 60.8 Å². The average molecular weight is 662 g/mol. The predicted molar refractivity (Wildman–Crippen MR) is 181 cm³/mol. The van der Waals surface area contributed by atoms with E-state index in [-0.39, 0.29) is 29.4 Å². The predicted octanol–water partition coefficient (Wildman–Crippen LogP) is 8.58. The highest BCUT2D eigenvalue weighted by atomic mass is 35.5. The molecule has 2 atom stereocenters. The zero-order valence-corrected chi connectivity index (χ0v) is 27.5. The summed E-state index contributed by atoms with van der Waals surface area (Å²) in [6.07, 6.45) is 6.20. The van der Waals surface area contributed by atoms with Crippen LogP contribution in [-0.4, -0.2) is 46.0 Å². The molecule has 3 N–H and O–H groups in total. The van der Waals surface area contributed by atoms with Crippen LogP contribution in [0.25, 0.3) is 22.4 Å². The van der Waals surface area contributed by atoms with E-state index in [1.807, 2.05) is 36.4 Å². The lowest BCUT2D eigenvalue weighted by atomic mass is 9.72. The van der Waals surface area contributed by atoms with Gasteiger partial charge in [0.2, 0.25) is 5.88 Å². The highest BCUT2D eigenvalue weighted by molar-refractivity contribution is 6.33. The molecule has 2 heterocycles. The number of aliphatic hydroxyl groups is 1. The first kappa shape index (κ1) is 32.2. The first-order valence-electron chi connectivity index (χ1n) is 15.7. The Balaban J connectivity index is 1.41. The van der Waals surface area contributed by atoms with Crippen molar-refractivity contribution in [2.24, 2.45) is 0 Å². The van der Waals surface area contributed by atoms with Crippen molar-refractivity contribution in [2.75, 3.05) is 13.7 Å². The minimum atomic E-state index is -1.26. The first-order valence-corrected chi connectivity index (χ1v) is 16.4. The van der Waals surface area contributed by atoms with Gasteiger partial charge in [0.15, 0.2) is 0 Å². The van der Waals surface area contributed by atoms with Crippen molar-refractivity contribution < 1.29 is 24.5 Å². The number of carbonyl (C=O) groups is 1. The molecule has 1 fully saturated rings. The van der Waals surface area contributed by atoms with Gasteiger partial charge in [-0.3, -0.25) is 4.79 Å². The third-order valence-electron chi connectivity index (χ3n) is 9.21. The Morgan fingerprint density at radius 1 is 1.02 bits per heavy atom. The van der Waals surface area contributed by atoms with E-state index in [4.69, 9.17) is 37.7 Å². The molecule has 0 radical (unpaired) electrons. The largest absolute Gasteiger partial charge is 0.507 e. The van der Waals surface area contributed by atoms with Crippen LogP contribution in [0, 0.1) is 0 Å². The number of nitrogens with zero attached hydrogens (tertiary/aromatic N) is 1. The number of amides is 1. The number of aromatic hydroxyl groups is 1. The molecular formula is C37H38Cl2N2O5. The first-order chi connectivity index (χ1) is 22.1. The number of nitrogens with one attached hydrogen (secondary N) is 1. The van der Waals surface area contributed by atoms with Gasteiger partial charge in [0.1, 0.15) is 17.1 Å². The molecule has 46 heavy (non-hydrogen) atoms. The molecule has 6 rings (SSSR count). The van der Waals surface area contributed by atoms with Crippen LogP contribution in [0.1, 0.15) is 73.7 Å². The number of methoxy groups -OCH3 is 1. The second-order valence-electron chi connectivity index (χ2n) is 12.8. The molecule has 1 aliphatic carbocycles. The van der Waals surface area contributed by atoms with Gasteiger partial charge in [0.25, 0.3) is 5.91 Å². The lowest BCUT2D eigenvalue weighted by Gasteiger charge is -2.45. The normalized spacial score (nSPS) is 18.2. The quantitative estimate of drug-likeness (QED) is 0.175. The Morgan fingerprint density at radius 3 is 2.50 bits per heavy atom. The smallest absolute Gasteiger partial charge is 0.255 e. The van der Waals surface area contributed by atoms with Crippen LogP contribution in [0.15, 0.2) is 72.8 Å². The summed E-state index contributed by atoms with van der Waals surface area (Å²) in [7, 11) is 1.58. The molecule has 2 aliphatic rings. The monoisotopic (exact) mass is 660 g/mol. The Morgan fingerprint density at radius 2 is 1.76 bits per heavy atom. The molecule has 1 amide bonds. The Labute approximate surface area is 279 Å². The average Bonchev–Trinajstić information content (AvgIpc) is 3.04. The topological polar surface area (TPSA) is 101 Å². The number of pyridine rings is 1. The van der Waals surface area contributed by atoms with Crippen molar-refractivity contribution in [3.8, 4) is 39.8 Å². The lowest BCUT2D eigenvalue weighted by molar-refractivity contribution is -0.0205. The maximum atomic E-state index is 12.9. The van der Waals surface area contributed by atoms with Gasteiger partial charge in [-0.05, 0) is 93.3 Å². The molecule has 1 spiro atoms. The maximum absolute atomic E-state index is 12.9. The van der Waals surface area contributed by atoms with Crippen molar-refractivity contribution in [1.82, 2.24) is 10.3 Å². The fourth-order valence-electron chi connectivity index (χ4n) is 6.92. The number of carbonyl (C=O) groups excluding carboxylic acids is 1. The number of phenolic OH excluding ortho intramolecular Hbond substituents is 1. The molecule has 7 nitrogen and oxygen atoms in total. The highest BCUT2D eigenvalue weighted by Crippen LogP contribution is 2.51. The Hall–Kier alpha value is -3.78. The van der Waals surface area contributed by atoms with Gasteiger partial charge in [-0.2, -0.15) is 0 Å². The van der Waals surface area contributed by atoms with Gasteiger partial charge < -0.3 is 25.0 Å². The van der Waals surface area contributed by atoms with Crippen LogP contribution in [-0.2, 0) is 0 Å². The Bertz CT molecular complexity index is 1750. The molecule has 0 bridgehead atoms. The number of para-hydroxylation sites is 1. The van der Waals surface area contributed by atoms with Crippen molar-refractivity contribution in [2.45, 2.75) is 69.0 Å². The summed E-state index contributed by atoms with van der Waals surface area (Å²) < 4.78 is 12.4.